The molecule has 1 aliphatic carbocycles. The summed E-state index contributed by atoms with van der Waals surface area (Å²) in [6.45, 7) is 7.40. The molecule has 3 aliphatic heterocycles. The van der Waals surface area contributed by atoms with E-state index in [0.29, 0.717) is 62.0 Å². The first-order valence-electron chi connectivity index (χ1n) is 16.3. The van der Waals surface area contributed by atoms with Gasteiger partial charge in [-0.05, 0) is 67.7 Å². The molecule has 2 aromatic heterocycles. The summed E-state index contributed by atoms with van der Waals surface area (Å²) in [7, 11) is 0. The fraction of sp³-hybridized carbons (Fsp3) is 0.545. The fourth-order valence-electron chi connectivity index (χ4n) is 7.10. The van der Waals surface area contributed by atoms with Crippen LogP contribution in [0.1, 0.15) is 59.3 Å². The number of fused-ring (bicyclic) bond motifs is 3. The summed E-state index contributed by atoms with van der Waals surface area (Å²) < 4.78 is 11.3. The molecule has 5 heterocycles. The molecule has 4 N–H and O–H groups in total. The fourth-order valence-corrected chi connectivity index (χ4v) is 7.10. The second-order valence-electron chi connectivity index (χ2n) is 13.2. The average molecular weight is 631 g/mol. The molecule has 4 atom stereocenters. The lowest BCUT2D eigenvalue weighted by Crippen LogP contribution is -2.56. The van der Waals surface area contributed by atoms with E-state index in [1.165, 1.54) is 25.7 Å². The first-order valence-corrected chi connectivity index (χ1v) is 16.3. The molecule has 3 aromatic rings. The number of aryl methyl sites for hydroxylation is 1. The van der Waals surface area contributed by atoms with Crippen LogP contribution in [0.2, 0.25) is 0 Å². The summed E-state index contributed by atoms with van der Waals surface area (Å²) >= 11 is 0. The first kappa shape index (κ1) is 30.4. The van der Waals surface area contributed by atoms with Crippen LogP contribution in [0, 0.1) is 18.8 Å². The van der Waals surface area contributed by atoms with Crippen molar-refractivity contribution in [1.29, 1.82) is 0 Å². The topological polar surface area (TPSA) is 158 Å². The lowest BCUT2D eigenvalue weighted by atomic mass is 9.92. The summed E-state index contributed by atoms with van der Waals surface area (Å²) in [6, 6.07) is 7.47. The van der Waals surface area contributed by atoms with Gasteiger partial charge in [0, 0.05) is 58.3 Å². The van der Waals surface area contributed by atoms with Crippen molar-refractivity contribution >= 4 is 23.6 Å². The molecule has 1 saturated carbocycles. The van der Waals surface area contributed by atoms with Crippen LogP contribution in [-0.4, -0.2) is 87.7 Å². The summed E-state index contributed by atoms with van der Waals surface area (Å²) in [4.78, 5) is 42.6. The maximum Gasteiger partial charge on any atom is 0.270 e. The first-order chi connectivity index (χ1) is 22.3. The molecule has 0 spiro atoms. The number of nitrogens with one attached hydrogen (secondary N) is 3. The highest BCUT2D eigenvalue weighted by Crippen LogP contribution is 2.37. The molecule has 7 rings (SSSR count). The van der Waals surface area contributed by atoms with E-state index in [-0.39, 0.29) is 36.1 Å². The Hall–Kier alpha value is -4.23. The highest BCUT2D eigenvalue weighted by molar-refractivity contribution is 5.93. The van der Waals surface area contributed by atoms with Gasteiger partial charge < -0.3 is 40.0 Å². The molecule has 2 bridgehead atoms. The Labute approximate surface area is 268 Å². The molecule has 46 heavy (non-hydrogen) atoms. The molecule has 4 aliphatic rings. The highest BCUT2D eigenvalue weighted by Gasteiger charge is 2.35. The van der Waals surface area contributed by atoms with Crippen LogP contribution in [0.15, 0.2) is 35.1 Å². The van der Waals surface area contributed by atoms with Gasteiger partial charge in [0.2, 0.25) is 11.9 Å². The Morgan fingerprint density at radius 3 is 2.67 bits per heavy atom. The molecule has 2 amide bonds. The molecule has 2 unspecified atom stereocenters. The SMILES string of the molecule is CC(=O)N1CC(Nc2cc(C(=O)NC[C@@H](O)[C@@H]3Cc4ccc(OCc5ocnc5C)cc4CN3)nc(N3CC4CCC(C4)C3)n2)C1. The molecule has 2 saturated heterocycles. The van der Waals surface area contributed by atoms with Gasteiger partial charge in [-0.3, -0.25) is 9.59 Å². The minimum atomic E-state index is -0.799. The summed E-state index contributed by atoms with van der Waals surface area (Å²) in [5.74, 6) is 3.54. The summed E-state index contributed by atoms with van der Waals surface area (Å²) in [6.07, 6.45) is 4.94. The van der Waals surface area contributed by atoms with Gasteiger partial charge in [-0.15, -0.1) is 0 Å². The Bertz CT molecular complexity index is 1580. The van der Waals surface area contributed by atoms with Crippen molar-refractivity contribution in [3.8, 4) is 5.75 Å². The van der Waals surface area contributed by atoms with E-state index in [9.17, 15) is 14.7 Å². The number of carbonyl (C=O) groups is 2. The summed E-state index contributed by atoms with van der Waals surface area (Å²) in [5, 5.41) is 20.8. The number of aliphatic hydroxyl groups is 1. The number of carbonyl (C=O) groups excluding carboxylic acids is 2. The van der Waals surface area contributed by atoms with Crippen LogP contribution in [-0.2, 0) is 24.4 Å². The van der Waals surface area contributed by atoms with Crippen molar-refractivity contribution in [3.05, 3.63) is 58.9 Å². The number of ether oxygens (including phenoxy) is 1. The third-order valence-corrected chi connectivity index (χ3v) is 9.84. The summed E-state index contributed by atoms with van der Waals surface area (Å²) in [5.41, 5.74) is 3.31. The Morgan fingerprint density at radius 1 is 1.13 bits per heavy atom. The predicted molar refractivity (Wildman–Crippen MR) is 169 cm³/mol. The number of hydrogen-bond donors (Lipinski definition) is 4. The highest BCUT2D eigenvalue weighted by atomic mass is 16.5. The van der Waals surface area contributed by atoms with E-state index in [1.54, 1.807) is 17.9 Å². The largest absolute Gasteiger partial charge is 0.486 e. The minimum absolute atomic E-state index is 0.0488. The average Bonchev–Trinajstić information content (AvgIpc) is 3.61. The van der Waals surface area contributed by atoms with Crippen molar-refractivity contribution < 1.29 is 23.8 Å². The molecular weight excluding hydrogens is 588 g/mol. The molecule has 13 nitrogen and oxygen atoms in total. The van der Waals surface area contributed by atoms with Gasteiger partial charge in [-0.25, -0.2) is 9.97 Å². The number of amides is 2. The molecule has 0 radical (unpaired) electrons. The minimum Gasteiger partial charge on any atom is -0.486 e. The standard InChI is InChI=1S/C33H42N8O5/c1-19-30(46-18-36-19)17-45-26-6-5-23-9-27(34-11-24(23)8-26)29(43)12-35-32(44)28-10-31(37-25-15-40(16-25)20(2)42)39-33(38-28)41-13-21-3-4-22(7-21)14-41/h5-6,8,10,18,21-22,25,27,29,34,43H,3-4,7,9,11-17H2,1-2H3,(H,35,44)(H,37,38,39)/t21?,22?,27-,29+/m0/s1. The number of aliphatic hydroxyl groups excluding tert-OH is 1. The van der Waals surface area contributed by atoms with E-state index in [1.807, 2.05) is 25.1 Å². The van der Waals surface area contributed by atoms with Crippen molar-refractivity contribution in [2.24, 2.45) is 11.8 Å². The van der Waals surface area contributed by atoms with E-state index >= 15 is 0 Å². The van der Waals surface area contributed by atoms with Crippen LogP contribution >= 0.6 is 0 Å². The smallest absolute Gasteiger partial charge is 0.270 e. The third kappa shape index (κ3) is 6.66. The zero-order valence-corrected chi connectivity index (χ0v) is 26.4. The maximum atomic E-state index is 13.4. The van der Waals surface area contributed by atoms with Crippen LogP contribution < -0.4 is 25.6 Å². The zero-order valence-electron chi connectivity index (χ0n) is 26.4. The second kappa shape index (κ2) is 12.9. The zero-order chi connectivity index (χ0) is 31.8. The second-order valence-corrected chi connectivity index (χ2v) is 13.2. The van der Waals surface area contributed by atoms with Crippen LogP contribution in [0.5, 0.6) is 5.75 Å². The molecule has 244 valence electrons. The van der Waals surface area contributed by atoms with Crippen LogP contribution in [0.25, 0.3) is 0 Å². The predicted octanol–water partition coefficient (Wildman–Crippen LogP) is 2.04. The number of nitrogens with zero attached hydrogens (tertiary/aromatic N) is 5. The van der Waals surface area contributed by atoms with Gasteiger partial charge in [-0.2, -0.15) is 4.98 Å². The van der Waals surface area contributed by atoms with Gasteiger partial charge in [0.25, 0.3) is 5.91 Å². The third-order valence-electron chi connectivity index (χ3n) is 9.84. The quantitative estimate of drug-likeness (QED) is 0.260. The maximum absolute atomic E-state index is 13.4. The van der Waals surface area contributed by atoms with Crippen molar-refractivity contribution in [3.63, 3.8) is 0 Å². The Morgan fingerprint density at radius 2 is 1.93 bits per heavy atom. The number of oxazole rings is 1. The van der Waals surface area contributed by atoms with E-state index in [0.717, 1.165) is 35.7 Å². The number of aromatic nitrogens is 3. The molecule has 1 aromatic carbocycles. The van der Waals surface area contributed by atoms with Gasteiger partial charge in [0.05, 0.1) is 17.8 Å². The van der Waals surface area contributed by atoms with E-state index in [2.05, 4.69) is 25.8 Å². The number of anilines is 2. The van der Waals surface area contributed by atoms with Gasteiger partial charge >= 0.3 is 0 Å². The van der Waals surface area contributed by atoms with E-state index in [4.69, 9.17) is 19.1 Å². The van der Waals surface area contributed by atoms with Gasteiger partial charge in [0.1, 0.15) is 23.9 Å². The lowest BCUT2D eigenvalue weighted by molar-refractivity contribution is -0.132. The molecular formula is C33H42N8O5. The number of benzene rings is 1. The Kier molecular flexibility index (Phi) is 8.52. The van der Waals surface area contributed by atoms with Gasteiger partial charge in [-0.1, -0.05) is 6.07 Å². The van der Waals surface area contributed by atoms with E-state index < -0.39 is 6.10 Å². The number of likely N-dealkylation sites (tertiary alicyclic amines) is 1. The Balaban J connectivity index is 0.972. The monoisotopic (exact) mass is 630 g/mol. The van der Waals surface area contributed by atoms with Crippen molar-refractivity contribution in [2.75, 3.05) is 42.9 Å². The van der Waals surface area contributed by atoms with Crippen molar-refractivity contribution in [1.82, 2.24) is 30.5 Å². The number of rotatable bonds is 10. The van der Waals surface area contributed by atoms with Crippen molar-refractivity contribution in [2.45, 2.75) is 70.9 Å². The number of piperidine rings is 1. The van der Waals surface area contributed by atoms with Crippen LogP contribution in [0.4, 0.5) is 11.8 Å². The van der Waals surface area contributed by atoms with Gasteiger partial charge in [0.15, 0.2) is 12.2 Å². The van der Waals surface area contributed by atoms with Crippen LogP contribution in [0.3, 0.4) is 0 Å². The molecule has 3 fully saturated rings. The number of hydrogen-bond acceptors (Lipinski definition) is 11. The molecule has 13 heteroatoms. The lowest BCUT2D eigenvalue weighted by Gasteiger charge is -2.39. The normalized spacial score (nSPS) is 23.0.